The highest BCUT2D eigenvalue weighted by Gasteiger charge is 2.36. The third-order valence-corrected chi connectivity index (χ3v) is 5.92. The van der Waals surface area contributed by atoms with Crippen LogP contribution in [0.15, 0.2) is 45.8 Å². The molecule has 1 aliphatic rings. The zero-order valence-electron chi connectivity index (χ0n) is 16.2. The summed E-state index contributed by atoms with van der Waals surface area (Å²) in [6, 6.07) is 9.17. The Bertz CT molecular complexity index is 1060. The second kappa shape index (κ2) is 10.3. The molecule has 1 aliphatic heterocycles. The molecule has 3 rings (SSSR count). The average Bonchev–Trinajstić information content (AvgIpc) is 2.97. The van der Waals surface area contributed by atoms with Gasteiger partial charge in [-0.2, -0.15) is 0 Å². The molecule has 31 heavy (non-hydrogen) atoms. The predicted molar refractivity (Wildman–Crippen MR) is 119 cm³/mol. The summed E-state index contributed by atoms with van der Waals surface area (Å²) in [5.74, 6) is -1.37. The number of carbonyl (C=O) groups is 3. The van der Waals surface area contributed by atoms with Crippen molar-refractivity contribution in [2.24, 2.45) is 0 Å². The number of benzene rings is 2. The number of halogens is 3. The van der Waals surface area contributed by atoms with Crippen LogP contribution in [0.4, 0.5) is 9.18 Å². The van der Waals surface area contributed by atoms with Gasteiger partial charge >= 0.3 is 5.97 Å². The first-order valence-corrected chi connectivity index (χ1v) is 11.0. The fourth-order valence-electron chi connectivity index (χ4n) is 2.72. The van der Waals surface area contributed by atoms with E-state index in [1.54, 1.807) is 25.1 Å². The van der Waals surface area contributed by atoms with Crippen LogP contribution in [0.25, 0.3) is 6.08 Å². The Balaban J connectivity index is 1.84. The Kier molecular flexibility index (Phi) is 7.74. The number of ether oxygens (including phenoxy) is 2. The lowest BCUT2D eigenvalue weighted by atomic mass is 10.1. The molecular formula is C21H16BrClFNO5S. The van der Waals surface area contributed by atoms with Crippen molar-refractivity contribution < 1.29 is 28.2 Å². The number of hydrogen-bond donors (Lipinski definition) is 0. The normalized spacial score (nSPS) is 15.0. The number of esters is 1. The summed E-state index contributed by atoms with van der Waals surface area (Å²) < 4.78 is 25.1. The maximum Gasteiger partial charge on any atom is 0.344 e. The van der Waals surface area contributed by atoms with Crippen molar-refractivity contribution in [2.45, 2.75) is 13.5 Å². The van der Waals surface area contributed by atoms with Crippen molar-refractivity contribution in [2.75, 3.05) is 13.2 Å². The van der Waals surface area contributed by atoms with Gasteiger partial charge in [-0.05, 0) is 55.1 Å². The molecular weight excluding hydrogens is 513 g/mol. The Labute approximate surface area is 195 Å². The summed E-state index contributed by atoms with van der Waals surface area (Å²) in [6.45, 7) is 1.34. The molecule has 2 aromatic carbocycles. The largest absolute Gasteiger partial charge is 0.481 e. The highest BCUT2D eigenvalue weighted by Crippen LogP contribution is 2.36. The van der Waals surface area contributed by atoms with Gasteiger partial charge in [-0.1, -0.05) is 33.6 Å². The van der Waals surface area contributed by atoms with Crippen molar-refractivity contribution in [3.05, 3.63) is 67.7 Å². The molecule has 162 valence electrons. The fraction of sp³-hybridized carbons (Fsp3) is 0.190. The quantitative estimate of drug-likeness (QED) is 0.353. The molecule has 0 radical (unpaired) electrons. The zero-order chi connectivity index (χ0) is 22.5. The number of imide groups is 1. The Morgan fingerprint density at radius 2 is 2.06 bits per heavy atom. The number of thioether (sulfide) groups is 1. The van der Waals surface area contributed by atoms with E-state index in [0.717, 1.165) is 16.7 Å². The number of rotatable bonds is 7. The molecule has 0 atom stereocenters. The van der Waals surface area contributed by atoms with E-state index in [4.69, 9.17) is 21.1 Å². The minimum Gasteiger partial charge on any atom is -0.481 e. The van der Waals surface area contributed by atoms with Crippen LogP contribution in [0.2, 0.25) is 5.02 Å². The van der Waals surface area contributed by atoms with E-state index in [1.165, 1.54) is 24.3 Å². The van der Waals surface area contributed by atoms with E-state index in [2.05, 4.69) is 15.9 Å². The topological polar surface area (TPSA) is 72.9 Å². The van der Waals surface area contributed by atoms with Crippen LogP contribution in [0.3, 0.4) is 0 Å². The summed E-state index contributed by atoms with van der Waals surface area (Å²) in [5, 5.41) is -0.413. The van der Waals surface area contributed by atoms with Gasteiger partial charge in [0.15, 0.2) is 6.61 Å². The van der Waals surface area contributed by atoms with E-state index in [0.29, 0.717) is 15.8 Å². The fourth-order valence-corrected chi connectivity index (χ4v) is 4.15. The first kappa shape index (κ1) is 23.3. The van der Waals surface area contributed by atoms with Crippen molar-refractivity contribution >= 4 is 62.5 Å². The lowest BCUT2D eigenvalue weighted by Gasteiger charge is -2.14. The molecule has 0 unspecified atom stereocenters. The van der Waals surface area contributed by atoms with E-state index in [1.807, 2.05) is 0 Å². The summed E-state index contributed by atoms with van der Waals surface area (Å²) in [6.07, 6.45) is 1.49. The first-order chi connectivity index (χ1) is 14.8. The van der Waals surface area contributed by atoms with Gasteiger partial charge in [0.1, 0.15) is 11.6 Å². The van der Waals surface area contributed by atoms with Gasteiger partial charge in [-0.3, -0.25) is 14.5 Å². The van der Waals surface area contributed by atoms with E-state index >= 15 is 0 Å². The van der Waals surface area contributed by atoms with Crippen molar-refractivity contribution in [3.63, 3.8) is 0 Å². The monoisotopic (exact) mass is 527 g/mol. The number of amides is 2. The van der Waals surface area contributed by atoms with E-state index in [9.17, 15) is 18.8 Å². The standard InChI is InChI=1S/C21H16BrClFNO5S/c1-2-29-19(26)11-30-17-7-6-13(22)8-12(17)9-18-20(27)25(21(28)31-18)10-14-15(23)4-3-5-16(14)24/h3-9H,2,10-11H2,1H3/b18-9+. The summed E-state index contributed by atoms with van der Waals surface area (Å²) in [5.41, 5.74) is 0.543. The molecule has 1 fully saturated rings. The molecule has 6 nitrogen and oxygen atoms in total. The van der Waals surface area contributed by atoms with Gasteiger partial charge in [0, 0.05) is 20.6 Å². The van der Waals surface area contributed by atoms with Crippen molar-refractivity contribution in [3.8, 4) is 5.75 Å². The molecule has 0 spiro atoms. The predicted octanol–water partition coefficient (Wildman–Crippen LogP) is 5.42. The van der Waals surface area contributed by atoms with Crippen LogP contribution in [0, 0.1) is 5.82 Å². The van der Waals surface area contributed by atoms with E-state index < -0.39 is 22.9 Å². The van der Waals surface area contributed by atoms with Gasteiger partial charge in [0.25, 0.3) is 11.1 Å². The van der Waals surface area contributed by atoms with Gasteiger partial charge in [0.2, 0.25) is 0 Å². The molecule has 1 saturated heterocycles. The SMILES string of the molecule is CCOC(=O)COc1ccc(Br)cc1/C=C1/SC(=O)N(Cc2c(F)cccc2Cl)C1=O. The molecule has 1 heterocycles. The molecule has 10 heteroatoms. The van der Waals surface area contributed by atoms with Crippen LogP contribution in [-0.2, 0) is 20.9 Å². The second-order valence-electron chi connectivity index (χ2n) is 6.24. The third-order valence-electron chi connectivity index (χ3n) is 4.16. The lowest BCUT2D eigenvalue weighted by molar-refractivity contribution is -0.145. The van der Waals surface area contributed by atoms with Gasteiger partial charge in [0.05, 0.1) is 18.1 Å². The molecule has 0 bridgehead atoms. The molecule has 2 amide bonds. The maximum absolute atomic E-state index is 14.1. The average molecular weight is 529 g/mol. The van der Waals surface area contributed by atoms with Crippen LogP contribution < -0.4 is 4.74 Å². The van der Waals surface area contributed by atoms with Gasteiger partial charge in [-0.25, -0.2) is 9.18 Å². The van der Waals surface area contributed by atoms with Crippen LogP contribution in [0.5, 0.6) is 5.75 Å². The second-order valence-corrected chi connectivity index (χ2v) is 8.56. The van der Waals surface area contributed by atoms with Crippen LogP contribution in [0.1, 0.15) is 18.1 Å². The number of hydrogen-bond acceptors (Lipinski definition) is 6. The highest BCUT2D eigenvalue weighted by molar-refractivity contribution is 9.10. The van der Waals surface area contributed by atoms with Gasteiger partial charge < -0.3 is 9.47 Å². The lowest BCUT2D eigenvalue weighted by Crippen LogP contribution is -2.28. The summed E-state index contributed by atoms with van der Waals surface area (Å²) >= 11 is 10.1. The van der Waals surface area contributed by atoms with Crippen molar-refractivity contribution in [1.29, 1.82) is 0 Å². The first-order valence-electron chi connectivity index (χ1n) is 9.06. The summed E-state index contributed by atoms with van der Waals surface area (Å²) in [4.78, 5) is 37.9. The minimum atomic E-state index is -0.600. The minimum absolute atomic E-state index is 0.0635. The maximum atomic E-state index is 14.1. The Morgan fingerprint density at radius 1 is 1.29 bits per heavy atom. The number of nitrogens with zero attached hydrogens (tertiary/aromatic N) is 1. The van der Waals surface area contributed by atoms with Gasteiger partial charge in [-0.15, -0.1) is 0 Å². The third kappa shape index (κ3) is 5.66. The van der Waals surface area contributed by atoms with E-state index in [-0.39, 0.29) is 35.2 Å². The zero-order valence-corrected chi connectivity index (χ0v) is 19.4. The number of carbonyl (C=O) groups excluding carboxylic acids is 3. The van der Waals surface area contributed by atoms with Crippen molar-refractivity contribution in [1.82, 2.24) is 4.90 Å². The Morgan fingerprint density at radius 3 is 2.77 bits per heavy atom. The molecule has 2 aromatic rings. The van der Waals surface area contributed by atoms with Crippen LogP contribution >= 0.6 is 39.3 Å². The van der Waals surface area contributed by atoms with Crippen LogP contribution in [-0.4, -0.2) is 35.2 Å². The molecule has 0 saturated carbocycles. The highest BCUT2D eigenvalue weighted by atomic mass is 79.9. The smallest absolute Gasteiger partial charge is 0.344 e. The Hall–Kier alpha value is -2.36. The molecule has 0 aliphatic carbocycles. The summed E-state index contributed by atoms with van der Waals surface area (Å²) in [7, 11) is 0. The molecule has 0 N–H and O–H groups in total. The molecule has 0 aromatic heterocycles.